The molecule has 1 unspecified atom stereocenters. The molecular formula is C28H38ClN3O. The molecule has 0 spiro atoms. The molecule has 1 aliphatic heterocycles. The Balaban J connectivity index is 0.00000385. The number of hydrogen-bond donors (Lipinski definition) is 2. The lowest BCUT2D eigenvalue weighted by molar-refractivity contribution is -0.134. The Kier molecular flexibility index (Phi) is 12.7. The van der Waals surface area contributed by atoms with Crippen LogP contribution in [-0.4, -0.2) is 50.1 Å². The zero-order valence-electron chi connectivity index (χ0n) is 19.5. The summed E-state index contributed by atoms with van der Waals surface area (Å²) in [6.45, 7) is 5.45. The molecule has 0 radical (unpaired) electrons. The summed E-state index contributed by atoms with van der Waals surface area (Å²) in [7, 11) is 0. The van der Waals surface area contributed by atoms with E-state index in [2.05, 4.69) is 45.7 Å². The van der Waals surface area contributed by atoms with Gasteiger partial charge in [0.05, 0.1) is 12.5 Å². The van der Waals surface area contributed by atoms with Gasteiger partial charge in [0.2, 0.25) is 5.91 Å². The largest absolute Gasteiger partial charge is 0.342 e. The van der Waals surface area contributed by atoms with E-state index in [4.69, 9.17) is 6.42 Å². The summed E-state index contributed by atoms with van der Waals surface area (Å²) in [5.41, 5.74) is 2.32. The van der Waals surface area contributed by atoms with Gasteiger partial charge in [-0.15, -0.1) is 18.8 Å². The van der Waals surface area contributed by atoms with E-state index >= 15 is 0 Å². The highest BCUT2D eigenvalue weighted by Crippen LogP contribution is 2.26. The smallest absolute Gasteiger partial charge is 0.230 e. The maximum atomic E-state index is 13.5. The van der Waals surface area contributed by atoms with Gasteiger partial charge >= 0.3 is 0 Å². The molecule has 3 rings (SSSR count). The molecule has 4 nitrogen and oxygen atoms in total. The first kappa shape index (κ1) is 26.9. The lowest BCUT2D eigenvalue weighted by Gasteiger charge is -2.34. The Bertz CT molecular complexity index is 829. The molecule has 1 amide bonds. The number of nitrogens with zero attached hydrogens (tertiary/aromatic N) is 1. The molecule has 1 heterocycles. The Labute approximate surface area is 205 Å². The Morgan fingerprint density at radius 2 is 1.58 bits per heavy atom. The maximum Gasteiger partial charge on any atom is 0.230 e. The predicted molar refractivity (Wildman–Crippen MR) is 140 cm³/mol. The van der Waals surface area contributed by atoms with Gasteiger partial charge in [0.1, 0.15) is 0 Å². The number of likely N-dealkylation sites (tertiary alicyclic amines) is 1. The van der Waals surface area contributed by atoms with Crippen LogP contribution in [0.25, 0.3) is 0 Å². The molecule has 1 atom stereocenters. The molecule has 2 aromatic carbocycles. The molecule has 0 bridgehead atoms. The van der Waals surface area contributed by atoms with Gasteiger partial charge in [0.25, 0.3) is 0 Å². The predicted octanol–water partition coefficient (Wildman–Crippen LogP) is 4.27. The molecule has 1 fully saturated rings. The van der Waals surface area contributed by atoms with Crippen molar-refractivity contribution in [2.75, 3.05) is 39.3 Å². The second-order valence-corrected chi connectivity index (χ2v) is 8.71. The van der Waals surface area contributed by atoms with E-state index in [1.807, 2.05) is 36.4 Å². The fourth-order valence-electron chi connectivity index (χ4n) is 4.43. The molecule has 178 valence electrons. The van der Waals surface area contributed by atoms with Gasteiger partial charge in [-0.05, 0) is 68.8 Å². The van der Waals surface area contributed by atoms with Crippen LogP contribution in [-0.2, 0) is 11.2 Å². The summed E-state index contributed by atoms with van der Waals surface area (Å²) in [5.74, 6) is 3.41. The number of hydrogen-bond acceptors (Lipinski definition) is 3. The van der Waals surface area contributed by atoms with Crippen molar-refractivity contribution >= 4 is 18.3 Å². The van der Waals surface area contributed by atoms with Crippen molar-refractivity contribution in [3.05, 3.63) is 71.8 Å². The zero-order valence-corrected chi connectivity index (χ0v) is 20.4. The standard InChI is InChI=1S/C28H37N3O.ClH/c1-2-17-29-18-9-10-19-30-23-25-15-20-31(21-16-25)28(32)27(26-13-7-4-8-14-26)22-24-11-5-3-6-12-24;/h1,3-8,11-14,25,27,29-30H,9-10,15-23H2;1H. The number of nitrogens with one attached hydrogen (secondary N) is 2. The number of unbranched alkanes of at least 4 members (excludes halogenated alkanes) is 1. The summed E-state index contributed by atoms with van der Waals surface area (Å²) in [4.78, 5) is 15.6. The summed E-state index contributed by atoms with van der Waals surface area (Å²) in [5, 5.41) is 6.83. The number of carbonyl (C=O) groups is 1. The Hall–Kier alpha value is -2.32. The van der Waals surface area contributed by atoms with Crippen molar-refractivity contribution in [3.8, 4) is 12.3 Å². The lowest BCUT2D eigenvalue weighted by Crippen LogP contribution is -2.43. The van der Waals surface area contributed by atoms with Crippen LogP contribution in [0.15, 0.2) is 60.7 Å². The second kappa shape index (κ2) is 15.5. The number of rotatable bonds is 12. The van der Waals surface area contributed by atoms with E-state index in [-0.39, 0.29) is 24.2 Å². The highest BCUT2D eigenvalue weighted by molar-refractivity contribution is 5.85. The Morgan fingerprint density at radius 1 is 0.970 bits per heavy atom. The van der Waals surface area contributed by atoms with Crippen molar-refractivity contribution in [3.63, 3.8) is 0 Å². The average Bonchev–Trinajstić information content (AvgIpc) is 2.85. The number of terminal acetylenes is 1. The molecule has 5 heteroatoms. The van der Waals surface area contributed by atoms with Crippen molar-refractivity contribution in [1.29, 1.82) is 0 Å². The number of carbonyl (C=O) groups excluding carboxylic acids is 1. The van der Waals surface area contributed by atoms with Gasteiger partial charge in [-0.1, -0.05) is 66.6 Å². The minimum absolute atomic E-state index is 0. The van der Waals surface area contributed by atoms with Crippen molar-refractivity contribution in [1.82, 2.24) is 15.5 Å². The van der Waals surface area contributed by atoms with Gasteiger partial charge in [-0.25, -0.2) is 0 Å². The number of halogens is 1. The van der Waals surface area contributed by atoms with E-state index in [0.29, 0.717) is 12.5 Å². The van der Waals surface area contributed by atoms with Crippen LogP contribution in [0.3, 0.4) is 0 Å². The summed E-state index contributed by atoms with van der Waals surface area (Å²) < 4.78 is 0. The topological polar surface area (TPSA) is 44.4 Å². The average molecular weight is 468 g/mol. The molecule has 1 saturated heterocycles. The number of benzene rings is 2. The van der Waals surface area contributed by atoms with E-state index in [0.717, 1.165) is 70.4 Å². The van der Waals surface area contributed by atoms with Crippen LogP contribution in [0, 0.1) is 18.3 Å². The highest BCUT2D eigenvalue weighted by atomic mass is 35.5. The lowest BCUT2D eigenvalue weighted by atomic mass is 9.89. The zero-order chi connectivity index (χ0) is 22.4. The van der Waals surface area contributed by atoms with E-state index in [9.17, 15) is 4.79 Å². The first-order valence-corrected chi connectivity index (χ1v) is 12.0. The van der Waals surface area contributed by atoms with Crippen LogP contribution in [0.2, 0.25) is 0 Å². The van der Waals surface area contributed by atoms with Crippen LogP contribution >= 0.6 is 12.4 Å². The van der Waals surface area contributed by atoms with E-state index in [1.165, 1.54) is 5.56 Å². The summed E-state index contributed by atoms with van der Waals surface area (Å²) in [6.07, 6.45) is 10.4. The second-order valence-electron chi connectivity index (χ2n) is 8.71. The third-order valence-electron chi connectivity index (χ3n) is 6.33. The van der Waals surface area contributed by atoms with Crippen molar-refractivity contribution < 1.29 is 4.79 Å². The number of amides is 1. The number of piperidine rings is 1. The molecule has 1 aliphatic rings. The molecule has 2 aromatic rings. The van der Waals surface area contributed by atoms with Crippen molar-refractivity contribution in [2.24, 2.45) is 5.92 Å². The maximum absolute atomic E-state index is 13.5. The van der Waals surface area contributed by atoms with Gasteiger partial charge in [0.15, 0.2) is 0 Å². The van der Waals surface area contributed by atoms with Gasteiger partial charge in [-0.2, -0.15) is 0 Å². The molecule has 0 aromatic heterocycles. The first-order valence-electron chi connectivity index (χ1n) is 12.0. The summed E-state index contributed by atoms with van der Waals surface area (Å²) in [6, 6.07) is 20.6. The van der Waals surface area contributed by atoms with E-state index < -0.39 is 0 Å². The molecular weight excluding hydrogens is 430 g/mol. The highest BCUT2D eigenvalue weighted by Gasteiger charge is 2.29. The minimum Gasteiger partial charge on any atom is -0.342 e. The van der Waals surface area contributed by atoms with Crippen molar-refractivity contribution in [2.45, 2.75) is 38.0 Å². The van der Waals surface area contributed by atoms with Crippen LogP contribution in [0.5, 0.6) is 0 Å². The van der Waals surface area contributed by atoms with Crippen LogP contribution < -0.4 is 10.6 Å². The molecule has 33 heavy (non-hydrogen) atoms. The Morgan fingerprint density at radius 3 is 2.21 bits per heavy atom. The fraction of sp³-hybridized carbons (Fsp3) is 0.464. The van der Waals surface area contributed by atoms with Crippen LogP contribution in [0.1, 0.15) is 42.7 Å². The molecule has 2 N–H and O–H groups in total. The third-order valence-corrected chi connectivity index (χ3v) is 6.33. The SMILES string of the molecule is C#CCNCCCCNCC1CCN(C(=O)C(Cc2ccccc2)c2ccccc2)CC1.Cl. The fourth-order valence-corrected chi connectivity index (χ4v) is 4.43. The van der Waals surface area contributed by atoms with Gasteiger partial charge in [0, 0.05) is 13.1 Å². The van der Waals surface area contributed by atoms with E-state index in [1.54, 1.807) is 0 Å². The normalized spacial score (nSPS) is 14.8. The van der Waals surface area contributed by atoms with Crippen LogP contribution in [0.4, 0.5) is 0 Å². The van der Waals surface area contributed by atoms with Gasteiger partial charge < -0.3 is 15.5 Å². The first-order chi connectivity index (χ1) is 15.8. The quantitative estimate of drug-likeness (QED) is 0.362. The molecule has 0 saturated carbocycles. The monoisotopic (exact) mass is 467 g/mol. The third kappa shape index (κ3) is 9.21. The minimum atomic E-state index is -0.114. The molecule has 0 aliphatic carbocycles. The van der Waals surface area contributed by atoms with Gasteiger partial charge in [-0.3, -0.25) is 4.79 Å². The summed E-state index contributed by atoms with van der Waals surface area (Å²) >= 11 is 0.